The Kier molecular flexibility index (Phi) is 5.06. The molecule has 0 aromatic heterocycles. The van der Waals surface area contributed by atoms with Crippen molar-refractivity contribution in [2.24, 2.45) is 28.8 Å². The van der Waals surface area contributed by atoms with Crippen LogP contribution in [0.5, 0.6) is 11.5 Å². The first kappa shape index (κ1) is 20.5. The lowest BCUT2D eigenvalue weighted by atomic mass is 9.85. The maximum atomic E-state index is 12.8. The monoisotopic (exact) mass is 450 g/mol. The van der Waals surface area contributed by atoms with Gasteiger partial charge in [-0.2, -0.15) is 10.1 Å². The average Bonchev–Trinajstić information content (AvgIpc) is 3.48. The first-order valence-corrected chi connectivity index (χ1v) is 10.6. The zero-order valence-electron chi connectivity index (χ0n) is 17.1. The number of hydrogen-bond acceptors (Lipinski definition) is 6. The molecule has 2 aromatic carbocycles. The second-order valence-corrected chi connectivity index (χ2v) is 8.47. The molecule has 162 valence electrons. The lowest BCUT2D eigenvalue weighted by Gasteiger charge is -2.13. The third-order valence-electron chi connectivity index (χ3n) is 6.26. The van der Waals surface area contributed by atoms with Crippen LogP contribution < -0.4 is 9.47 Å². The van der Waals surface area contributed by atoms with Crippen molar-refractivity contribution in [2.45, 2.75) is 6.42 Å². The van der Waals surface area contributed by atoms with E-state index in [1.807, 2.05) is 12.2 Å². The van der Waals surface area contributed by atoms with E-state index in [9.17, 15) is 14.4 Å². The lowest BCUT2D eigenvalue weighted by molar-refractivity contribution is -0.140. The van der Waals surface area contributed by atoms with E-state index in [0.717, 1.165) is 11.4 Å². The van der Waals surface area contributed by atoms with Crippen LogP contribution in [-0.2, 0) is 9.59 Å². The molecule has 1 saturated carbocycles. The fraction of sp³-hybridized carbons (Fsp3) is 0.250. The Morgan fingerprint density at radius 3 is 2.34 bits per heavy atom. The average molecular weight is 451 g/mol. The molecule has 2 fully saturated rings. The minimum absolute atomic E-state index is 0.105. The van der Waals surface area contributed by atoms with Crippen LogP contribution in [0.4, 0.5) is 0 Å². The van der Waals surface area contributed by atoms with Gasteiger partial charge in [0.05, 0.1) is 30.7 Å². The van der Waals surface area contributed by atoms with E-state index in [1.165, 1.54) is 19.4 Å². The summed E-state index contributed by atoms with van der Waals surface area (Å²) in [7, 11) is 1.54. The first-order valence-electron chi connectivity index (χ1n) is 10.2. The fourth-order valence-electron chi connectivity index (χ4n) is 4.72. The molecule has 8 heteroatoms. The Labute approximate surface area is 189 Å². The van der Waals surface area contributed by atoms with E-state index in [4.69, 9.17) is 21.1 Å². The molecule has 2 amide bonds. The Hall–Kier alpha value is -3.45. The molecule has 4 unspecified atom stereocenters. The predicted octanol–water partition coefficient (Wildman–Crippen LogP) is 3.71. The predicted molar refractivity (Wildman–Crippen MR) is 117 cm³/mol. The molecule has 0 radical (unpaired) electrons. The molecular formula is C24H19ClN2O5. The minimum atomic E-state index is -0.574. The van der Waals surface area contributed by atoms with Crippen LogP contribution in [0, 0.1) is 23.7 Å². The number of esters is 1. The molecular weight excluding hydrogens is 432 g/mol. The highest BCUT2D eigenvalue weighted by Crippen LogP contribution is 2.52. The highest BCUT2D eigenvalue weighted by Gasteiger charge is 2.59. The molecule has 0 N–H and O–H groups in total. The quantitative estimate of drug-likeness (QED) is 0.228. The summed E-state index contributed by atoms with van der Waals surface area (Å²) in [6, 6.07) is 11.2. The zero-order chi connectivity index (χ0) is 22.4. The molecule has 2 aromatic rings. The van der Waals surface area contributed by atoms with Gasteiger partial charge >= 0.3 is 5.97 Å². The van der Waals surface area contributed by atoms with Crippen molar-refractivity contribution in [1.82, 2.24) is 5.01 Å². The molecule has 5 rings (SSSR count). The van der Waals surface area contributed by atoms with E-state index >= 15 is 0 Å². The van der Waals surface area contributed by atoms with Crippen molar-refractivity contribution in [3.8, 4) is 11.5 Å². The van der Waals surface area contributed by atoms with Gasteiger partial charge in [0.2, 0.25) is 0 Å². The molecule has 1 heterocycles. The summed E-state index contributed by atoms with van der Waals surface area (Å²) >= 11 is 6.11. The standard InChI is InChI=1S/C24H19ClN2O5/c1-31-18-7-4-13(5-8-18)24(30)32-19-9-6-17(25)11-16(19)12-26-27-22(28)20-14-2-3-15(10-14)21(20)23(27)29/h2-9,11-12,14-15,20-21H,10H2,1H3. The second kappa shape index (κ2) is 7.91. The van der Waals surface area contributed by atoms with Gasteiger partial charge < -0.3 is 9.47 Å². The van der Waals surface area contributed by atoms with Crippen molar-refractivity contribution < 1.29 is 23.9 Å². The number of allylic oxidation sites excluding steroid dienone is 2. The van der Waals surface area contributed by atoms with Crippen LogP contribution in [-0.4, -0.2) is 36.1 Å². The topological polar surface area (TPSA) is 85.3 Å². The van der Waals surface area contributed by atoms with Gasteiger partial charge in [-0.1, -0.05) is 23.8 Å². The molecule has 7 nitrogen and oxygen atoms in total. The molecule has 2 aliphatic carbocycles. The summed E-state index contributed by atoms with van der Waals surface area (Å²) in [5.41, 5.74) is 0.711. The Bertz CT molecular complexity index is 1140. The van der Waals surface area contributed by atoms with E-state index in [-0.39, 0.29) is 41.2 Å². The van der Waals surface area contributed by atoms with Gasteiger partial charge in [0.1, 0.15) is 11.5 Å². The van der Waals surface area contributed by atoms with Gasteiger partial charge in [-0.15, -0.1) is 0 Å². The number of imide groups is 1. The number of amides is 2. The number of nitrogens with zero attached hydrogens (tertiary/aromatic N) is 2. The van der Waals surface area contributed by atoms with E-state index < -0.39 is 5.97 Å². The zero-order valence-corrected chi connectivity index (χ0v) is 17.9. The first-order chi connectivity index (χ1) is 15.5. The summed E-state index contributed by atoms with van der Waals surface area (Å²) in [5, 5.41) is 5.49. The number of methoxy groups -OCH3 is 1. The van der Waals surface area contributed by atoms with Crippen LogP contribution in [0.2, 0.25) is 5.02 Å². The third kappa shape index (κ3) is 3.39. The summed E-state index contributed by atoms with van der Waals surface area (Å²) in [6.45, 7) is 0. The summed E-state index contributed by atoms with van der Waals surface area (Å²) in [6.07, 6.45) is 6.23. The minimum Gasteiger partial charge on any atom is -0.497 e. The maximum absolute atomic E-state index is 12.8. The smallest absolute Gasteiger partial charge is 0.343 e. The van der Waals surface area contributed by atoms with Crippen molar-refractivity contribution in [3.63, 3.8) is 0 Å². The Balaban J connectivity index is 1.37. The van der Waals surface area contributed by atoms with Gasteiger partial charge in [-0.3, -0.25) is 9.59 Å². The highest BCUT2D eigenvalue weighted by molar-refractivity contribution is 6.31. The SMILES string of the molecule is COc1ccc(C(=O)Oc2ccc(Cl)cc2C=NN2C(=O)C3C4C=CC(C4)C3C2=O)cc1. The molecule has 3 aliphatic rings. The summed E-state index contributed by atoms with van der Waals surface area (Å²) in [4.78, 5) is 38.2. The van der Waals surface area contributed by atoms with Gasteiger partial charge in [-0.05, 0) is 60.7 Å². The van der Waals surface area contributed by atoms with Crippen molar-refractivity contribution in [1.29, 1.82) is 0 Å². The van der Waals surface area contributed by atoms with Crippen LogP contribution in [0.1, 0.15) is 22.3 Å². The normalized spacial score (nSPS) is 25.6. The molecule has 32 heavy (non-hydrogen) atoms. The largest absolute Gasteiger partial charge is 0.497 e. The van der Waals surface area contributed by atoms with E-state index in [1.54, 1.807) is 36.4 Å². The second-order valence-electron chi connectivity index (χ2n) is 8.03. The fourth-order valence-corrected chi connectivity index (χ4v) is 4.90. The van der Waals surface area contributed by atoms with Crippen molar-refractivity contribution in [2.75, 3.05) is 7.11 Å². The van der Waals surface area contributed by atoms with Crippen LogP contribution in [0.25, 0.3) is 0 Å². The Morgan fingerprint density at radius 1 is 1.06 bits per heavy atom. The number of rotatable bonds is 5. The number of ether oxygens (including phenoxy) is 2. The van der Waals surface area contributed by atoms with Crippen LogP contribution >= 0.6 is 11.6 Å². The maximum Gasteiger partial charge on any atom is 0.343 e. The number of fused-ring (bicyclic) bond motifs is 5. The summed E-state index contributed by atoms with van der Waals surface area (Å²) < 4.78 is 10.6. The Morgan fingerprint density at radius 2 is 1.72 bits per heavy atom. The number of carbonyl (C=O) groups excluding carboxylic acids is 3. The third-order valence-corrected chi connectivity index (χ3v) is 6.49. The number of hydrazone groups is 1. The molecule has 1 aliphatic heterocycles. The highest BCUT2D eigenvalue weighted by atomic mass is 35.5. The van der Waals surface area contributed by atoms with Gasteiger partial charge in [-0.25, -0.2) is 4.79 Å². The summed E-state index contributed by atoms with van der Waals surface area (Å²) in [5.74, 6) is -0.770. The van der Waals surface area contributed by atoms with Crippen molar-refractivity contribution >= 4 is 35.6 Å². The molecule has 0 spiro atoms. The number of hydrogen-bond donors (Lipinski definition) is 0. The molecule has 2 bridgehead atoms. The molecule has 1 saturated heterocycles. The van der Waals surface area contributed by atoms with Crippen molar-refractivity contribution in [3.05, 3.63) is 70.8 Å². The number of carbonyl (C=O) groups is 3. The molecule has 4 atom stereocenters. The van der Waals surface area contributed by atoms with Gasteiger partial charge in [0.15, 0.2) is 0 Å². The van der Waals surface area contributed by atoms with E-state index in [2.05, 4.69) is 5.10 Å². The van der Waals surface area contributed by atoms with Gasteiger partial charge in [0.25, 0.3) is 11.8 Å². The van der Waals surface area contributed by atoms with Crippen LogP contribution in [0.3, 0.4) is 0 Å². The number of benzene rings is 2. The van der Waals surface area contributed by atoms with Crippen LogP contribution in [0.15, 0.2) is 59.7 Å². The van der Waals surface area contributed by atoms with E-state index in [0.29, 0.717) is 21.9 Å². The number of halogens is 1. The van der Waals surface area contributed by atoms with Gasteiger partial charge in [0, 0.05) is 10.6 Å². The lowest BCUT2D eigenvalue weighted by Crippen LogP contribution is -2.28.